The van der Waals surface area contributed by atoms with E-state index in [2.05, 4.69) is 9.44 Å². The molecular formula is C14H14ClFN2O3S. The molecule has 0 radical (unpaired) electrons. The standard InChI is InChI=1S/C14H14ClFN2O3S/c1-17-22(19,20)18-12-5-6-14(13(15)8-12)21-9-10-3-2-4-11(16)7-10/h2-8,17-18H,9H2,1H3. The first-order valence-electron chi connectivity index (χ1n) is 6.28. The van der Waals surface area contributed by atoms with Crippen molar-refractivity contribution in [3.8, 4) is 5.75 Å². The fraction of sp³-hybridized carbons (Fsp3) is 0.143. The molecule has 0 aliphatic carbocycles. The van der Waals surface area contributed by atoms with Crippen molar-refractivity contribution in [3.63, 3.8) is 0 Å². The van der Waals surface area contributed by atoms with E-state index < -0.39 is 10.2 Å². The molecule has 5 nitrogen and oxygen atoms in total. The van der Waals surface area contributed by atoms with Gasteiger partial charge in [0.25, 0.3) is 10.2 Å². The Hall–Kier alpha value is -1.83. The Bertz CT molecular complexity index is 768. The Kier molecular flexibility index (Phi) is 5.23. The van der Waals surface area contributed by atoms with Crippen molar-refractivity contribution in [2.45, 2.75) is 6.61 Å². The van der Waals surface area contributed by atoms with E-state index in [9.17, 15) is 12.8 Å². The molecule has 118 valence electrons. The van der Waals surface area contributed by atoms with Gasteiger partial charge in [-0.1, -0.05) is 23.7 Å². The van der Waals surface area contributed by atoms with E-state index in [1.165, 1.54) is 37.4 Å². The van der Waals surface area contributed by atoms with Gasteiger partial charge >= 0.3 is 0 Å². The Labute approximate surface area is 133 Å². The average Bonchev–Trinajstić information content (AvgIpc) is 2.46. The molecule has 22 heavy (non-hydrogen) atoms. The Morgan fingerprint density at radius 1 is 1.23 bits per heavy atom. The van der Waals surface area contributed by atoms with E-state index in [1.54, 1.807) is 12.1 Å². The zero-order chi connectivity index (χ0) is 16.2. The number of benzene rings is 2. The van der Waals surface area contributed by atoms with Crippen molar-refractivity contribution in [1.29, 1.82) is 0 Å². The smallest absolute Gasteiger partial charge is 0.298 e. The van der Waals surface area contributed by atoms with Gasteiger partial charge < -0.3 is 4.74 Å². The van der Waals surface area contributed by atoms with Crippen LogP contribution in [0.4, 0.5) is 10.1 Å². The molecule has 2 aromatic carbocycles. The Morgan fingerprint density at radius 3 is 2.64 bits per heavy atom. The molecule has 0 aliphatic heterocycles. The van der Waals surface area contributed by atoms with Crippen LogP contribution in [0.25, 0.3) is 0 Å². The zero-order valence-corrected chi connectivity index (χ0v) is 13.2. The first-order valence-corrected chi connectivity index (χ1v) is 8.14. The summed E-state index contributed by atoms with van der Waals surface area (Å²) in [5.74, 6) is 0.0300. The van der Waals surface area contributed by atoms with Crippen LogP contribution in [0.15, 0.2) is 42.5 Å². The normalized spacial score (nSPS) is 11.2. The van der Waals surface area contributed by atoms with E-state index in [4.69, 9.17) is 16.3 Å². The number of nitrogens with one attached hydrogen (secondary N) is 2. The summed E-state index contributed by atoms with van der Waals surface area (Å²) in [5, 5.41) is 0.243. The van der Waals surface area contributed by atoms with Crippen molar-refractivity contribution in [1.82, 2.24) is 4.72 Å². The first-order chi connectivity index (χ1) is 10.4. The van der Waals surface area contributed by atoms with Crippen LogP contribution in [-0.2, 0) is 16.8 Å². The van der Waals surface area contributed by atoms with E-state index >= 15 is 0 Å². The molecule has 2 rings (SSSR count). The SMILES string of the molecule is CNS(=O)(=O)Nc1ccc(OCc2cccc(F)c2)c(Cl)c1. The van der Waals surface area contributed by atoms with Gasteiger partial charge in [-0.2, -0.15) is 8.42 Å². The first kappa shape index (κ1) is 16.5. The van der Waals surface area contributed by atoms with E-state index in [1.807, 2.05) is 0 Å². The highest BCUT2D eigenvalue weighted by molar-refractivity contribution is 7.90. The minimum absolute atomic E-state index is 0.152. The van der Waals surface area contributed by atoms with E-state index in [-0.39, 0.29) is 17.4 Å². The lowest BCUT2D eigenvalue weighted by Crippen LogP contribution is -2.26. The van der Waals surface area contributed by atoms with Gasteiger partial charge in [-0.3, -0.25) is 4.72 Å². The number of anilines is 1. The van der Waals surface area contributed by atoms with Gasteiger partial charge in [0.15, 0.2) is 0 Å². The molecule has 0 aromatic heterocycles. The molecule has 0 saturated carbocycles. The third kappa shape index (κ3) is 4.59. The van der Waals surface area contributed by atoms with Crippen LogP contribution in [0.5, 0.6) is 5.75 Å². The van der Waals surface area contributed by atoms with Crippen LogP contribution in [0, 0.1) is 5.82 Å². The Balaban J connectivity index is 2.07. The van der Waals surface area contributed by atoms with E-state index in [0.717, 1.165) is 0 Å². The summed E-state index contributed by atoms with van der Waals surface area (Å²) in [6.07, 6.45) is 0. The lowest BCUT2D eigenvalue weighted by Gasteiger charge is -2.11. The number of halogens is 2. The van der Waals surface area contributed by atoms with Crippen LogP contribution in [-0.4, -0.2) is 15.5 Å². The zero-order valence-electron chi connectivity index (χ0n) is 11.6. The summed E-state index contributed by atoms with van der Waals surface area (Å²) < 4.78 is 45.7. The van der Waals surface area contributed by atoms with Gasteiger partial charge in [0.1, 0.15) is 18.2 Å². The molecule has 0 saturated heterocycles. The molecule has 0 amide bonds. The number of hydrogen-bond acceptors (Lipinski definition) is 3. The van der Waals surface area contributed by atoms with Gasteiger partial charge in [-0.25, -0.2) is 9.11 Å². The number of ether oxygens (including phenoxy) is 1. The third-order valence-corrected chi connectivity index (χ3v) is 4.07. The molecule has 0 fully saturated rings. The second-order valence-corrected chi connectivity index (χ2v) is 6.40. The highest BCUT2D eigenvalue weighted by Gasteiger charge is 2.09. The topological polar surface area (TPSA) is 67.4 Å². The highest BCUT2D eigenvalue weighted by atomic mass is 35.5. The second-order valence-electron chi connectivity index (χ2n) is 4.37. The minimum Gasteiger partial charge on any atom is -0.487 e. The second kappa shape index (κ2) is 6.95. The summed E-state index contributed by atoms with van der Waals surface area (Å²) in [5.41, 5.74) is 0.966. The van der Waals surface area contributed by atoms with Crippen molar-refractivity contribution >= 4 is 27.5 Å². The average molecular weight is 345 g/mol. The maximum Gasteiger partial charge on any atom is 0.298 e. The fourth-order valence-electron chi connectivity index (χ4n) is 1.68. The summed E-state index contributed by atoms with van der Waals surface area (Å²) in [7, 11) is -2.31. The van der Waals surface area contributed by atoms with Crippen LogP contribution < -0.4 is 14.2 Å². The van der Waals surface area contributed by atoms with Gasteiger partial charge in [0, 0.05) is 7.05 Å². The van der Waals surface area contributed by atoms with Crippen LogP contribution >= 0.6 is 11.6 Å². The summed E-state index contributed by atoms with van der Waals surface area (Å²) >= 11 is 6.04. The molecule has 0 unspecified atom stereocenters. The summed E-state index contributed by atoms with van der Waals surface area (Å²) in [6.45, 7) is 0.152. The highest BCUT2D eigenvalue weighted by Crippen LogP contribution is 2.28. The van der Waals surface area contributed by atoms with Gasteiger partial charge in [0.05, 0.1) is 10.7 Å². The van der Waals surface area contributed by atoms with Crippen LogP contribution in [0.2, 0.25) is 5.02 Å². The van der Waals surface area contributed by atoms with Crippen molar-refractivity contribution < 1.29 is 17.5 Å². The molecule has 0 bridgehead atoms. The van der Waals surface area contributed by atoms with Crippen molar-refractivity contribution in [2.75, 3.05) is 11.8 Å². The predicted octanol–water partition coefficient (Wildman–Crippen LogP) is 2.93. The molecule has 0 aliphatic rings. The van der Waals surface area contributed by atoms with Crippen molar-refractivity contribution in [3.05, 3.63) is 58.9 Å². The van der Waals surface area contributed by atoms with Crippen LogP contribution in [0.3, 0.4) is 0 Å². The van der Waals surface area contributed by atoms with E-state index in [0.29, 0.717) is 17.0 Å². The predicted molar refractivity (Wildman–Crippen MR) is 83.8 cm³/mol. The lowest BCUT2D eigenvalue weighted by atomic mass is 10.2. The largest absolute Gasteiger partial charge is 0.487 e. The quantitative estimate of drug-likeness (QED) is 0.846. The van der Waals surface area contributed by atoms with Gasteiger partial charge in [0.2, 0.25) is 0 Å². The molecule has 8 heteroatoms. The molecule has 2 aromatic rings. The number of hydrogen-bond donors (Lipinski definition) is 2. The summed E-state index contributed by atoms with van der Waals surface area (Å²) in [4.78, 5) is 0. The fourth-order valence-corrected chi connectivity index (χ4v) is 2.45. The minimum atomic E-state index is -3.60. The van der Waals surface area contributed by atoms with Crippen molar-refractivity contribution in [2.24, 2.45) is 0 Å². The molecule has 0 heterocycles. The lowest BCUT2D eigenvalue weighted by molar-refractivity contribution is 0.306. The van der Waals surface area contributed by atoms with Gasteiger partial charge in [-0.05, 0) is 35.9 Å². The maximum atomic E-state index is 13.1. The molecule has 0 spiro atoms. The maximum absolute atomic E-state index is 13.1. The molecule has 2 N–H and O–H groups in total. The summed E-state index contributed by atoms with van der Waals surface area (Å²) in [6, 6.07) is 10.5. The number of rotatable bonds is 6. The molecular weight excluding hydrogens is 331 g/mol. The third-order valence-electron chi connectivity index (χ3n) is 2.74. The molecule has 0 atom stereocenters. The van der Waals surface area contributed by atoms with Gasteiger partial charge in [-0.15, -0.1) is 0 Å². The Morgan fingerprint density at radius 2 is 2.00 bits per heavy atom. The monoisotopic (exact) mass is 344 g/mol. The van der Waals surface area contributed by atoms with Crippen LogP contribution in [0.1, 0.15) is 5.56 Å².